The van der Waals surface area contributed by atoms with Gasteiger partial charge in [-0.3, -0.25) is 4.90 Å². The van der Waals surface area contributed by atoms with Gasteiger partial charge in [0.1, 0.15) is 6.61 Å². The van der Waals surface area contributed by atoms with Crippen molar-refractivity contribution < 1.29 is 9.53 Å². The summed E-state index contributed by atoms with van der Waals surface area (Å²) in [5, 5.41) is 1.05. The molecule has 5 aromatic rings. The smallest absolute Gasteiger partial charge is 0.410 e. The number of aromatic nitrogens is 1. The molecule has 222 valence electrons. The first-order valence-electron chi connectivity index (χ1n) is 15.3. The van der Waals surface area contributed by atoms with E-state index in [1.54, 1.807) is 11.3 Å². The van der Waals surface area contributed by atoms with E-state index in [0.29, 0.717) is 19.7 Å². The summed E-state index contributed by atoms with van der Waals surface area (Å²) in [7, 11) is 0. The van der Waals surface area contributed by atoms with Crippen LogP contribution in [0.4, 0.5) is 9.93 Å². The maximum absolute atomic E-state index is 12.7. The number of ether oxygens (including phenoxy) is 1. The number of piperazine rings is 1. The first-order chi connectivity index (χ1) is 21.7. The number of fused-ring (bicyclic) bond motifs is 1. The lowest BCUT2D eigenvalue weighted by molar-refractivity contribution is 0.0942. The molecule has 2 aliphatic rings. The molecule has 44 heavy (non-hydrogen) atoms. The fraction of sp³-hybridized carbons (Fsp3) is 0.243. The van der Waals surface area contributed by atoms with E-state index in [1.165, 1.54) is 27.3 Å². The van der Waals surface area contributed by atoms with Crippen molar-refractivity contribution in [2.75, 3.05) is 37.6 Å². The third-order valence-corrected chi connectivity index (χ3v) is 9.93. The third kappa shape index (κ3) is 5.49. The number of benzene rings is 4. The maximum atomic E-state index is 12.7. The Balaban J connectivity index is 1.11. The van der Waals surface area contributed by atoms with Crippen LogP contribution in [-0.4, -0.2) is 53.6 Å². The normalized spacial score (nSPS) is 15.5. The van der Waals surface area contributed by atoms with Gasteiger partial charge in [-0.25, -0.2) is 9.78 Å². The summed E-state index contributed by atoms with van der Waals surface area (Å²) in [5.41, 5.74) is 5.56. The topological polar surface area (TPSA) is 48.9 Å². The number of hydrogen-bond donors (Lipinski definition) is 0. The minimum absolute atomic E-state index is 0.248. The Labute approximate surface area is 263 Å². The van der Waals surface area contributed by atoms with Crippen molar-refractivity contribution in [2.24, 2.45) is 0 Å². The Morgan fingerprint density at radius 2 is 1.23 bits per heavy atom. The molecule has 0 radical (unpaired) electrons. The molecule has 2 aliphatic heterocycles. The number of carbonyl (C=O) groups excluding carboxylic acids is 1. The zero-order chi connectivity index (χ0) is 29.8. The lowest BCUT2D eigenvalue weighted by atomic mass is 9.75. The fourth-order valence-corrected chi connectivity index (χ4v) is 7.75. The zero-order valence-electron chi connectivity index (χ0n) is 24.7. The van der Waals surface area contributed by atoms with Crippen LogP contribution in [-0.2, 0) is 29.8 Å². The standard InChI is InChI=1S/C37H36N4O2S/c42-36(43-28-29-13-5-1-6-14-29)40-25-23-39(24-26-40)35-38-33-21-22-41(27-34(33)44-35)37(30-15-7-2-8-16-30,31-17-9-3-10-18-31)32-19-11-4-12-20-32/h1-20H,21-28H2. The minimum Gasteiger partial charge on any atom is -0.445 e. The number of thiazole rings is 1. The van der Waals surface area contributed by atoms with Gasteiger partial charge in [0.15, 0.2) is 5.13 Å². The van der Waals surface area contributed by atoms with E-state index in [2.05, 4.69) is 101 Å². The van der Waals surface area contributed by atoms with Crippen LogP contribution in [0.15, 0.2) is 121 Å². The van der Waals surface area contributed by atoms with Gasteiger partial charge in [0.2, 0.25) is 0 Å². The number of carbonyl (C=O) groups is 1. The van der Waals surface area contributed by atoms with Crippen LogP contribution >= 0.6 is 11.3 Å². The monoisotopic (exact) mass is 600 g/mol. The van der Waals surface area contributed by atoms with E-state index < -0.39 is 5.54 Å². The van der Waals surface area contributed by atoms with Gasteiger partial charge in [-0.1, -0.05) is 121 Å². The molecule has 7 heteroatoms. The molecule has 7 rings (SSSR count). The summed E-state index contributed by atoms with van der Waals surface area (Å²) in [6, 6.07) is 42.6. The Hall–Kier alpha value is -4.46. The first-order valence-corrected chi connectivity index (χ1v) is 16.1. The maximum Gasteiger partial charge on any atom is 0.410 e. The van der Waals surface area contributed by atoms with E-state index in [1.807, 2.05) is 35.2 Å². The van der Waals surface area contributed by atoms with Crippen LogP contribution in [0.1, 0.15) is 32.8 Å². The van der Waals surface area contributed by atoms with Crippen LogP contribution in [0.2, 0.25) is 0 Å². The highest BCUT2D eigenvalue weighted by Gasteiger charge is 2.44. The van der Waals surface area contributed by atoms with Crippen LogP contribution in [0.5, 0.6) is 0 Å². The summed E-state index contributed by atoms with van der Waals surface area (Å²) < 4.78 is 5.58. The molecule has 1 aromatic heterocycles. The summed E-state index contributed by atoms with van der Waals surface area (Å²) in [6.07, 6.45) is 0.646. The number of rotatable bonds is 7. The van der Waals surface area contributed by atoms with Crippen LogP contribution in [0.3, 0.4) is 0 Å². The van der Waals surface area contributed by atoms with Crippen molar-refractivity contribution in [2.45, 2.75) is 25.1 Å². The summed E-state index contributed by atoms with van der Waals surface area (Å²) >= 11 is 1.80. The number of nitrogens with zero attached hydrogens (tertiary/aromatic N) is 4. The van der Waals surface area contributed by atoms with Crippen molar-refractivity contribution in [1.82, 2.24) is 14.8 Å². The Morgan fingerprint density at radius 3 is 1.77 bits per heavy atom. The van der Waals surface area contributed by atoms with Gasteiger partial charge in [0.05, 0.1) is 11.2 Å². The second-order valence-electron chi connectivity index (χ2n) is 11.4. The van der Waals surface area contributed by atoms with Crippen molar-refractivity contribution in [1.29, 1.82) is 0 Å². The average molecular weight is 601 g/mol. The van der Waals surface area contributed by atoms with E-state index in [9.17, 15) is 4.79 Å². The molecule has 6 nitrogen and oxygen atoms in total. The highest BCUT2D eigenvalue weighted by Crippen LogP contribution is 2.45. The predicted octanol–water partition coefficient (Wildman–Crippen LogP) is 6.95. The molecule has 1 saturated heterocycles. The van der Waals surface area contributed by atoms with Gasteiger partial charge in [-0.15, -0.1) is 11.3 Å². The molecule has 1 fully saturated rings. The molecule has 1 amide bonds. The van der Waals surface area contributed by atoms with Gasteiger partial charge < -0.3 is 14.5 Å². The SMILES string of the molecule is O=C(OCc1ccccc1)N1CCN(c2nc3c(s2)CN(C(c2ccccc2)(c2ccccc2)c2ccccc2)CC3)CC1. The summed E-state index contributed by atoms with van der Waals surface area (Å²) in [4.78, 5) is 26.0. The lowest BCUT2D eigenvalue weighted by Gasteiger charge is -2.47. The Bertz CT molecular complexity index is 1570. The van der Waals surface area contributed by atoms with Gasteiger partial charge in [-0.05, 0) is 22.3 Å². The molecule has 4 aromatic carbocycles. The fourth-order valence-electron chi connectivity index (χ4n) is 6.58. The highest BCUT2D eigenvalue weighted by atomic mass is 32.1. The average Bonchev–Trinajstić information content (AvgIpc) is 3.53. The first kappa shape index (κ1) is 28.3. The quantitative estimate of drug-likeness (QED) is 0.189. The molecular weight excluding hydrogens is 565 g/mol. The molecule has 0 unspecified atom stereocenters. The third-order valence-electron chi connectivity index (χ3n) is 8.78. The van der Waals surface area contributed by atoms with Gasteiger partial charge >= 0.3 is 6.09 Å². The molecule has 0 spiro atoms. The molecular formula is C37H36N4O2S. The number of hydrogen-bond acceptors (Lipinski definition) is 6. The van der Waals surface area contributed by atoms with E-state index >= 15 is 0 Å². The molecule has 0 aliphatic carbocycles. The van der Waals surface area contributed by atoms with Gasteiger partial charge in [0.25, 0.3) is 0 Å². The van der Waals surface area contributed by atoms with Crippen LogP contribution in [0.25, 0.3) is 0 Å². The number of anilines is 1. The van der Waals surface area contributed by atoms with Crippen molar-refractivity contribution >= 4 is 22.6 Å². The summed E-state index contributed by atoms with van der Waals surface area (Å²) in [6.45, 7) is 4.77. The lowest BCUT2D eigenvalue weighted by Crippen LogP contribution is -2.50. The van der Waals surface area contributed by atoms with Crippen molar-refractivity contribution in [3.05, 3.63) is 154 Å². The number of amides is 1. The highest BCUT2D eigenvalue weighted by molar-refractivity contribution is 7.15. The van der Waals surface area contributed by atoms with Crippen LogP contribution < -0.4 is 4.90 Å². The van der Waals surface area contributed by atoms with E-state index in [-0.39, 0.29) is 6.09 Å². The Kier molecular flexibility index (Phi) is 8.14. The molecule has 0 N–H and O–H groups in total. The molecule has 0 atom stereocenters. The summed E-state index contributed by atoms with van der Waals surface area (Å²) in [5.74, 6) is 0. The van der Waals surface area contributed by atoms with Crippen molar-refractivity contribution in [3.63, 3.8) is 0 Å². The van der Waals surface area contributed by atoms with E-state index in [0.717, 1.165) is 43.3 Å². The molecule has 0 bridgehead atoms. The van der Waals surface area contributed by atoms with Gasteiger partial charge in [0, 0.05) is 50.6 Å². The Morgan fingerprint density at radius 1 is 0.705 bits per heavy atom. The molecule has 0 saturated carbocycles. The second-order valence-corrected chi connectivity index (χ2v) is 12.4. The minimum atomic E-state index is -0.433. The van der Waals surface area contributed by atoms with E-state index in [4.69, 9.17) is 9.72 Å². The predicted molar refractivity (Wildman–Crippen MR) is 176 cm³/mol. The zero-order valence-corrected chi connectivity index (χ0v) is 25.5. The van der Waals surface area contributed by atoms with Gasteiger partial charge in [-0.2, -0.15) is 0 Å². The largest absolute Gasteiger partial charge is 0.445 e. The van der Waals surface area contributed by atoms with Crippen molar-refractivity contribution in [3.8, 4) is 0 Å². The molecule has 3 heterocycles. The second kappa shape index (κ2) is 12.6. The van der Waals surface area contributed by atoms with Crippen LogP contribution in [0, 0.1) is 0 Å².